The molecule has 18 heavy (non-hydrogen) atoms. The van der Waals surface area contributed by atoms with Gasteiger partial charge in [0.1, 0.15) is 11.6 Å². The summed E-state index contributed by atoms with van der Waals surface area (Å²) < 4.78 is 13.5. The van der Waals surface area contributed by atoms with Crippen LogP contribution in [0.15, 0.2) is 18.2 Å². The van der Waals surface area contributed by atoms with Crippen LogP contribution in [0.1, 0.15) is 25.8 Å². The van der Waals surface area contributed by atoms with Crippen LogP contribution in [0.2, 0.25) is 5.02 Å². The Balaban J connectivity index is 2.49. The molecule has 0 saturated heterocycles. The Kier molecular flexibility index (Phi) is 6.30. The van der Waals surface area contributed by atoms with Crippen molar-refractivity contribution in [2.45, 2.75) is 26.7 Å². The number of hydrogen-bond acceptors (Lipinski definition) is 2. The molecule has 1 rings (SSSR count). The summed E-state index contributed by atoms with van der Waals surface area (Å²) in [7, 11) is 0. The molecule has 100 valence electrons. The third kappa shape index (κ3) is 4.75. The van der Waals surface area contributed by atoms with Crippen LogP contribution in [-0.4, -0.2) is 30.3 Å². The largest absolute Gasteiger partial charge is 0.303 e. The van der Waals surface area contributed by atoms with E-state index in [0.717, 1.165) is 19.6 Å². The summed E-state index contributed by atoms with van der Waals surface area (Å²) in [6.07, 6.45) is 0.605. The molecule has 0 radical (unpaired) electrons. The minimum absolute atomic E-state index is 0.0584. The number of benzene rings is 1. The zero-order valence-corrected chi connectivity index (χ0v) is 11.6. The van der Waals surface area contributed by atoms with Crippen molar-refractivity contribution in [3.05, 3.63) is 34.6 Å². The van der Waals surface area contributed by atoms with Crippen molar-refractivity contribution in [1.82, 2.24) is 4.90 Å². The molecule has 1 aromatic rings. The Labute approximate surface area is 113 Å². The van der Waals surface area contributed by atoms with Crippen molar-refractivity contribution in [2.75, 3.05) is 19.6 Å². The maximum Gasteiger partial charge on any atom is 0.138 e. The van der Waals surface area contributed by atoms with Crippen LogP contribution in [-0.2, 0) is 11.2 Å². The van der Waals surface area contributed by atoms with Crippen molar-refractivity contribution < 1.29 is 9.18 Å². The molecule has 0 saturated carbocycles. The molecule has 2 nitrogen and oxygen atoms in total. The van der Waals surface area contributed by atoms with E-state index in [2.05, 4.69) is 18.7 Å². The van der Waals surface area contributed by atoms with E-state index in [-0.39, 0.29) is 12.2 Å². The minimum atomic E-state index is -0.404. The van der Waals surface area contributed by atoms with Gasteiger partial charge >= 0.3 is 0 Å². The van der Waals surface area contributed by atoms with Crippen molar-refractivity contribution in [3.8, 4) is 0 Å². The fourth-order valence-electron chi connectivity index (χ4n) is 1.79. The van der Waals surface area contributed by atoms with Crippen molar-refractivity contribution in [2.24, 2.45) is 0 Å². The first kappa shape index (κ1) is 15.1. The molecule has 0 bridgehead atoms. The van der Waals surface area contributed by atoms with E-state index in [0.29, 0.717) is 17.0 Å². The molecule has 0 aromatic heterocycles. The van der Waals surface area contributed by atoms with Gasteiger partial charge in [-0.2, -0.15) is 0 Å². The second kappa shape index (κ2) is 7.49. The third-order valence-electron chi connectivity index (χ3n) is 3.00. The molecule has 0 fully saturated rings. The topological polar surface area (TPSA) is 20.3 Å². The Hall–Kier alpha value is -0.930. The van der Waals surface area contributed by atoms with Crippen molar-refractivity contribution in [1.29, 1.82) is 0 Å². The van der Waals surface area contributed by atoms with Gasteiger partial charge in [0, 0.05) is 24.4 Å². The Bertz CT molecular complexity index is 405. The molecule has 0 N–H and O–H groups in total. The van der Waals surface area contributed by atoms with Gasteiger partial charge in [0.15, 0.2) is 0 Å². The van der Waals surface area contributed by atoms with Gasteiger partial charge < -0.3 is 4.90 Å². The molecule has 0 aliphatic carbocycles. The summed E-state index contributed by atoms with van der Waals surface area (Å²) in [5, 5.41) is 0.354. The Morgan fingerprint density at radius 1 is 1.33 bits per heavy atom. The maximum atomic E-state index is 13.5. The van der Waals surface area contributed by atoms with Gasteiger partial charge in [-0.05, 0) is 30.8 Å². The first-order valence-corrected chi connectivity index (χ1v) is 6.62. The summed E-state index contributed by atoms with van der Waals surface area (Å²) in [5.41, 5.74) is 0.420. The van der Waals surface area contributed by atoms with Gasteiger partial charge in [0.25, 0.3) is 0 Å². The van der Waals surface area contributed by atoms with Gasteiger partial charge in [0.05, 0.1) is 0 Å². The van der Waals surface area contributed by atoms with E-state index in [4.69, 9.17) is 11.6 Å². The third-order valence-corrected chi connectivity index (χ3v) is 3.24. The number of rotatable bonds is 7. The predicted octanol–water partition coefficient (Wildman–Crippen LogP) is 3.32. The van der Waals surface area contributed by atoms with Crippen molar-refractivity contribution >= 4 is 17.4 Å². The fourth-order valence-corrected chi connectivity index (χ4v) is 1.95. The highest BCUT2D eigenvalue weighted by molar-refractivity contribution is 6.30. The van der Waals surface area contributed by atoms with Crippen LogP contribution >= 0.6 is 11.6 Å². The molecule has 0 aliphatic rings. The lowest BCUT2D eigenvalue weighted by atomic mass is 10.1. The lowest BCUT2D eigenvalue weighted by molar-refractivity contribution is -0.118. The average Bonchev–Trinajstić information content (AvgIpc) is 2.34. The lowest BCUT2D eigenvalue weighted by Gasteiger charge is -2.17. The molecular weight excluding hydrogens is 253 g/mol. The van der Waals surface area contributed by atoms with E-state index >= 15 is 0 Å². The summed E-state index contributed by atoms with van der Waals surface area (Å²) >= 11 is 5.66. The number of ketones is 1. The smallest absolute Gasteiger partial charge is 0.138 e. The SMILES string of the molecule is CCN(CC)CCC(=O)Cc1ccc(Cl)cc1F. The molecule has 0 atom stereocenters. The summed E-state index contributed by atoms with van der Waals surface area (Å²) in [6.45, 7) is 6.72. The van der Waals surface area contributed by atoms with E-state index < -0.39 is 5.82 Å². The standard InChI is InChI=1S/C14H19ClFNO/c1-3-17(4-2)8-7-13(18)9-11-5-6-12(15)10-14(11)16/h5-6,10H,3-4,7-9H2,1-2H3. The second-order valence-electron chi connectivity index (χ2n) is 4.23. The Morgan fingerprint density at radius 3 is 2.56 bits per heavy atom. The molecule has 4 heteroatoms. The molecule has 1 aromatic carbocycles. The van der Waals surface area contributed by atoms with Crippen LogP contribution in [0.4, 0.5) is 4.39 Å². The van der Waals surface area contributed by atoms with Crippen molar-refractivity contribution in [3.63, 3.8) is 0 Å². The molecular formula is C14H19ClFNO. The lowest BCUT2D eigenvalue weighted by Crippen LogP contribution is -2.26. The fraction of sp³-hybridized carbons (Fsp3) is 0.500. The number of Topliss-reactive ketones (excluding diaryl/α,β-unsaturated/α-hetero) is 1. The normalized spacial score (nSPS) is 10.9. The monoisotopic (exact) mass is 271 g/mol. The highest BCUT2D eigenvalue weighted by Crippen LogP contribution is 2.15. The van der Waals surface area contributed by atoms with Gasteiger partial charge in [-0.15, -0.1) is 0 Å². The quantitative estimate of drug-likeness (QED) is 0.758. The van der Waals surface area contributed by atoms with E-state index in [9.17, 15) is 9.18 Å². The van der Waals surface area contributed by atoms with Gasteiger partial charge in [-0.25, -0.2) is 4.39 Å². The van der Waals surface area contributed by atoms with E-state index in [1.165, 1.54) is 6.07 Å². The van der Waals surface area contributed by atoms with Gasteiger partial charge in [0.2, 0.25) is 0 Å². The van der Waals surface area contributed by atoms with Crippen LogP contribution in [0.25, 0.3) is 0 Å². The highest BCUT2D eigenvalue weighted by atomic mass is 35.5. The number of carbonyl (C=O) groups is 1. The summed E-state index contributed by atoms with van der Waals surface area (Å²) in [4.78, 5) is 13.9. The molecule has 0 unspecified atom stereocenters. The van der Waals surface area contributed by atoms with Crippen LogP contribution < -0.4 is 0 Å². The second-order valence-corrected chi connectivity index (χ2v) is 4.66. The van der Waals surface area contributed by atoms with Crippen LogP contribution in [0.3, 0.4) is 0 Å². The van der Waals surface area contributed by atoms with E-state index in [1.54, 1.807) is 12.1 Å². The highest BCUT2D eigenvalue weighted by Gasteiger charge is 2.10. The molecule has 0 aliphatic heterocycles. The summed E-state index contributed by atoms with van der Waals surface area (Å²) in [5.74, 6) is -0.346. The number of carbonyl (C=O) groups excluding carboxylic acids is 1. The molecule has 0 spiro atoms. The zero-order valence-electron chi connectivity index (χ0n) is 10.9. The average molecular weight is 272 g/mol. The van der Waals surface area contributed by atoms with Gasteiger partial charge in [-0.1, -0.05) is 31.5 Å². The maximum absolute atomic E-state index is 13.5. The predicted molar refractivity (Wildman–Crippen MR) is 72.5 cm³/mol. The first-order chi connectivity index (χ1) is 8.56. The number of hydrogen-bond donors (Lipinski definition) is 0. The van der Waals surface area contributed by atoms with E-state index in [1.807, 2.05) is 0 Å². The zero-order chi connectivity index (χ0) is 13.5. The minimum Gasteiger partial charge on any atom is -0.303 e. The molecule has 0 amide bonds. The number of halogens is 2. The first-order valence-electron chi connectivity index (χ1n) is 6.24. The summed E-state index contributed by atoms with van der Waals surface area (Å²) in [6, 6.07) is 4.43. The van der Waals surface area contributed by atoms with Gasteiger partial charge in [-0.3, -0.25) is 4.79 Å². The van der Waals surface area contributed by atoms with Crippen LogP contribution in [0.5, 0.6) is 0 Å². The number of nitrogens with zero attached hydrogens (tertiary/aromatic N) is 1. The molecule has 0 heterocycles. The van der Waals surface area contributed by atoms with Crippen LogP contribution in [0, 0.1) is 5.82 Å². The Morgan fingerprint density at radius 2 is 2.00 bits per heavy atom.